The molecule has 1 aliphatic rings. The second kappa shape index (κ2) is 5.12. The number of hydrogen-bond donors (Lipinski definition) is 1. The summed E-state index contributed by atoms with van der Waals surface area (Å²) >= 11 is 0. The van der Waals surface area contributed by atoms with Crippen molar-refractivity contribution in [2.75, 3.05) is 24.2 Å². The van der Waals surface area contributed by atoms with Gasteiger partial charge in [0.1, 0.15) is 11.6 Å². The van der Waals surface area contributed by atoms with Crippen molar-refractivity contribution in [3.63, 3.8) is 0 Å². The van der Waals surface area contributed by atoms with Gasteiger partial charge in [-0.15, -0.1) is 0 Å². The zero-order valence-corrected chi connectivity index (χ0v) is 13.3. The third-order valence-electron chi connectivity index (χ3n) is 4.46. The molecule has 0 fully saturated rings. The lowest BCUT2D eigenvalue weighted by Crippen LogP contribution is -2.19. The molecule has 5 nitrogen and oxygen atoms in total. The molecule has 4 rings (SSSR count). The molecule has 2 N–H and O–H groups in total. The van der Waals surface area contributed by atoms with Crippen molar-refractivity contribution in [1.82, 2.24) is 14.5 Å². The molecule has 0 aliphatic carbocycles. The van der Waals surface area contributed by atoms with Crippen LogP contribution in [0.3, 0.4) is 0 Å². The Kier molecular flexibility index (Phi) is 3.08. The number of nitrogens with two attached hydrogens (primary N) is 1. The van der Waals surface area contributed by atoms with Gasteiger partial charge in [-0.05, 0) is 36.8 Å². The maximum absolute atomic E-state index is 5.69. The lowest BCUT2D eigenvalue weighted by Gasteiger charge is -2.21. The predicted molar refractivity (Wildman–Crippen MR) is 92.9 cm³/mol. The molecule has 0 amide bonds. The van der Waals surface area contributed by atoms with Gasteiger partial charge >= 0.3 is 0 Å². The van der Waals surface area contributed by atoms with Crippen LogP contribution in [0.1, 0.15) is 11.5 Å². The Morgan fingerprint density at radius 2 is 1.83 bits per heavy atom. The normalized spacial score (nSPS) is 13.4. The number of fused-ring (bicyclic) bond motifs is 3. The summed E-state index contributed by atoms with van der Waals surface area (Å²) in [5.74, 6) is 1.57. The molecule has 0 atom stereocenters. The quantitative estimate of drug-likeness (QED) is 0.751. The highest BCUT2D eigenvalue weighted by Crippen LogP contribution is 2.33. The number of aromatic nitrogens is 3. The second-order valence-corrected chi connectivity index (χ2v) is 5.98. The molecule has 23 heavy (non-hydrogen) atoms. The average Bonchev–Trinajstić information content (AvgIpc) is 2.86. The number of nitrogen functional groups attached to an aromatic ring is 1. The number of anilines is 2. The number of rotatable bonds is 1. The molecule has 3 aromatic rings. The van der Waals surface area contributed by atoms with E-state index in [1.807, 2.05) is 24.5 Å². The van der Waals surface area contributed by atoms with Crippen LogP contribution >= 0.6 is 0 Å². The zero-order valence-electron chi connectivity index (χ0n) is 13.3. The first-order chi connectivity index (χ1) is 11.1. The van der Waals surface area contributed by atoms with Gasteiger partial charge in [0.2, 0.25) is 0 Å². The number of benzene rings is 1. The summed E-state index contributed by atoms with van der Waals surface area (Å²) in [6.07, 6.45) is 4.79. The number of aryl methyl sites for hydroxylation is 1. The fourth-order valence-electron chi connectivity index (χ4n) is 3.17. The number of pyridine rings is 1. The van der Waals surface area contributed by atoms with Gasteiger partial charge in [0.05, 0.1) is 11.4 Å². The zero-order chi connectivity index (χ0) is 16.0. The van der Waals surface area contributed by atoms with E-state index in [0.717, 1.165) is 29.9 Å². The van der Waals surface area contributed by atoms with Crippen LogP contribution in [0.5, 0.6) is 0 Å². The predicted octanol–water partition coefficient (Wildman–Crippen LogP) is 2.82. The molecule has 0 saturated carbocycles. The molecule has 0 bridgehead atoms. The Morgan fingerprint density at radius 1 is 1.00 bits per heavy atom. The van der Waals surface area contributed by atoms with Crippen LogP contribution in [0, 0.1) is 6.92 Å². The maximum atomic E-state index is 5.69. The molecule has 0 radical (unpaired) electrons. The van der Waals surface area contributed by atoms with Crippen LogP contribution < -0.4 is 10.6 Å². The van der Waals surface area contributed by atoms with Crippen LogP contribution in [-0.4, -0.2) is 28.1 Å². The van der Waals surface area contributed by atoms with E-state index >= 15 is 0 Å². The average molecular weight is 305 g/mol. The first-order valence-electron chi connectivity index (χ1n) is 7.74. The highest BCUT2D eigenvalue weighted by molar-refractivity contribution is 5.75. The molecule has 3 heterocycles. The molecule has 0 spiro atoms. The van der Waals surface area contributed by atoms with Gasteiger partial charge in [-0.3, -0.25) is 4.57 Å². The fraction of sp³-hybridized carbons (Fsp3) is 0.222. The Labute approximate surface area is 135 Å². The molecule has 5 heteroatoms. The number of nitrogens with zero attached hydrogens (tertiary/aromatic N) is 4. The molecule has 1 aromatic carbocycles. The Bertz CT molecular complexity index is 864. The molecule has 0 unspecified atom stereocenters. The van der Waals surface area contributed by atoms with Gasteiger partial charge in [0, 0.05) is 43.7 Å². The Hall–Kier alpha value is -2.82. The lowest BCUT2D eigenvalue weighted by molar-refractivity contribution is 0.855. The second-order valence-electron chi connectivity index (χ2n) is 5.98. The van der Waals surface area contributed by atoms with Gasteiger partial charge in [-0.2, -0.15) is 0 Å². The summed E-state index contributed by atoms with van der Waals surface area (Å²) in [6.45, 7) is 3.03. The smallest absolute Gasteiger partial charge is 0.123 e. The van der Waals surface area contributed by atoms with Gasteiger partial charge in [0.25, 0.3) is 0 Å². The van der Waals surface area contributed by atoms with Crippen molar-refractivity contribution in [1.29, 1.82) is 0 Å². The summed E-state index contributed by atoms with van der Waals surface area (Å²) in [4.78, 5) is 11.0. The molecular formula is C18H19N5. The molecule has 1 aliphatic heterocycles. The van der Waals surface area contributed by atoms with Crippen molar-refractivity contribution in [3.05, 3.63) is 54.2 Å². The van der Waals surface area contributed by atoms with E-state index in [9.17, 15) is 0 Å². The standard InChI is InChI=1S/C18H19N5/c1-12-20-11-15-7-8-22(2)17-9-13(3-5-16(17)23(12)15)14-4-6-18(19)21-10-14/h3-6,9-11H,7-8H2,1-2H3,(H2,19,21). The van der Waals surface area contributed by atoms with E-state index in [4.69, 9.17) is 5.73 Å². The number of hydrogen-bond acceptors (Lipinski definition) is 4. The van der Waals surface area contributed by atoms with E-state index in [1.54, 1.807) is 0 Å². The third kappa shape index (κ3) is 2.25. The van der Waals surface area contributed by atoms with E-state index < -0.39 is 0 Å². The van der Waals surface area contributed by atoms with Crippen LogP contribution in [0.25, 0.3) is 16.8 Å². The number of imidazole rings is 1. The molecule has 2 aromatic heterocycles. The van der Waals surface area contributed by atoms with Gasteiger partial charge in [-0.25, -0.2) is 9.97 Å². The molecular weight excluding hydrogens is 286 g/mol. The summed E-state index contributed by atoms with van der Waals surface area (Å²) < 4.78 is 2.25. The van der Waals surface area contributed by atoms with Gasteiger partial charge in [-0.1, -0.05) is 6.07 Å². The van der Waals surface area contributed by atoms with Crippen LogP contribution in [0.2, 0.25) is 0 Å². The van der Waals surface area contributed by atoms with Crippen molar-refractivity contribution >= 4 is 11.5 Å². The highest BCUT2D eigenvalue weighted by Gasteiger charge is 2.19. The highest BCUT2D eigenvalue weighted by atomic mass is 15.2. The third-order valence-corrected chi connectivity index (χ3v) is 4.46. The lowest BCUT2D eigenvalue weighted by atomic mass is 10.1. The van der Waals surface area contributed by atoms with Crippen molar-refractivity contribution < 1.29 is 0 Å². The first kappa shape index (κ1) is 13.8. The summed E-state index contributed by atoms with van der Waals surface area (Å²) in [7, 11) is 2.14. The van der Waals surface area contributed by atoms with Crippen molar-refractivity contribution in [2.45, 2.75) is 13.3 Å². The first-order valence-corrected chi connectivity index (χ1v) is 7.74. The van der Waals surface area contributed by atoms with Gasteiger partial charge in [0.15, 0.2) is 0 Å². The maximum Gasteiger partial charge on any atom is 0.123 e. The minimum absolute atomic E-state index is 0.541. The van der Waals surface area contributed by atoms with Crippen LogP contribution in [-0.2, 0) is 6.42 Å². The van der Waals surface area contributed by atoms with Crippen LogP contribution in [0.4, 0.5) is 11.5 Å². The van der Waals surface area contributed by atoms with E-state index in [1.165, 1.54) is 17.1 Å². The molecule has 116 valence electrons. The van der Waals surface area contributed by atoms with Crippen LogP contribution in [0.15, 0.2) is 42.7 Å². The van der Waals surface area contributed by atoms with E-state index in [0.29, 0.717) is 5.82 Å². The van der Waals surface area contributed by atoms with E-state index in [2.05, 4.69) is 51.6 Å². The summed E-state index contributed by atoms with van der Waals surface area (Å²) in [5, 5.41) is 0. The summed E-state index contributed by atoms with van der Waals surface area (Å²) in [6, 6.07) is 10.4. The largest absolute Gasteiger partial charge is 0.384 e. The monoisotopic (exact) mass is 305 g/mol. The Morgan fingerprint density at radius 3 is 2.61 bits per heavy atom. The molecule has 0 saturated heterocycles. The minimum atomic E-state index is 0.541. The van der Waals surface area contributed by atoms with Crippen molar-refractivity contribution in [3.8, 4) is 16.8 Å². The fourth-order valence-corrected chi connectivity index (χ4v) is 3.17. The minimum Gasteiger partial charge on any atom is -0.384 e. The van der Waals surface area contributed by atoms with Gasteiger partial charge < -0.3 is 10.6 Å². The number of likely N-dealkylation sites (N-methyl/N-ethyl adjacent to an activating group) is 1. The summed E-state index contributed by atoms with van der Waals surface area (Å²) in [5.41, 5.74) is 11.6. The van der Waals surface area contributed by atoms with Crippen molar-refractivity contribution in [2.24, 2.45) is 0 Å². The topological polar surface area (TPSA) is 60.0 Å². The SMILES string of the molecule is Cc1ncc2n1-c1ccc(-c3ccc(N)nc3)cc1N(C)CC2. The Balaban J connectivity index is 1.88. The van der Waals surface area contributed by atoms with E-state index in [-0.39, 0.29) is 0 Å².